The van der Waals surface area contributed by atoms with Crippen LogP contribution in [-0.2, 0) is 6.42 Å². The molecule has 0 amide bonds. The van der Waals surface area contributed by atoms with Gasteiger partial charge in [0.15, 0.2) is 0 Å². The fraction of sp³-hybridized carbons (Fsp3) is 0.235. The minimum atomic E-state index is 0.324. The van der Waals surface area contributed by atoms with Crippen LogP contribution in [0.3, 0.4) is 0 Å². The zero-order valence-corrected chi connectivity index (χ0v) is 14.8. The minimum Gasteiger partial charge on any atom is -0.310 e. The third kappa shape index (κ3) is 3.62. The maximum Gasteiger partial charge on any atom is 0.0957 e. The summed E-state index contributed by atoms with van der Waals surface area (Å²) in [6.07, 6.45) is 0.938. The largest absolute Gasteiger partial charge is 0.310 e. The molecule has 2 nitrogen and oxygen atoms in total. The summed E-state index contributed by atoms with van der Waals surface area (Å²) >= 11 is 4.17. The molecule has 0 saturated carbocycles. The van der Waals surface area contributed by atoms with Crippen molar-refractivity contribution >= 4 is 44.1 Å². The molecule has 1 aromatic heterocycles. The van der Waals surface area contributed by atoms with Crippen molar-refractivity contribution in [3.63, 3.8) is 0 Å². The van der Waals surface area contributed by atoms with E-state index in [1.54, 1.807) is 11.3 Å². The monoisotopic (exact) mass is 408 g/mol. The highest BCUT2D eigenvalue weighted by atomic mass is 127. The zero-order chi connectivity index (χ0) is 14.7. The third-order valence-electron chi connectivity index (χ3n) is 3.42. The number of para-hydroxylation sites is 1. The van der Waals surface area contributed by atoms with E-state index in [9.17, 15) is 0 Å². The highest BCUT2D eigenvalue weighted by Gasteiger charge is 2.14. The predicted molar refractivity (Wildman–Crippen MR) is 98.9 cm³/mol. The van der Waals surface area contributed by atoms with Crippen molar-refractivity contribution in [1.29, 1.82) is 0 Å². The zero-order valence-electron chi connectivity index (χ0n) is 11.8. The first-order valence-corrected chi connectivity index (χ1v) is 8.99. The summed E-state index contributed by atoms with van der Waals surface area (Å²) in [5.74, 6) is 0. The topological polar surface area (TPSA) is 24.9 Å². The van der Waals surface area contributed by atoms with Crippen LogP contribution in [0.25, 0.3) is 10.2 Å². The maximum atomic E-state index is 4.76. The van der Waals surface area contributed by atoms with Crippen LogP contribution in [-0.4, -0.2) is 11.5 Å². The molecule has 1 heterocycles. The molecule has 0 aliphatic carbocycles. The summed E-state index contributed by atoms with van der Waals surface area (Å²) in [7, 11) is 0. The van der Waals surface area contributed by atoms with E-state index in [0.717, 1.165) is 18.5 Å². The van der Waals surface area contributed by atoms with Crippen molar-refractivity contribution in [1.82, 2.24) is 10.3 Å². The van der Waals surface area contributed by atoms with Gasteiger partial charge in [0.25, 0.3) is 0 Å². The normalized spacial score (nSPS) is 12.7. The van der Waals surface area contributed by atoms with Crippen molar-refractivity contribution in [2.45, 2.75) is 19.4 Å². The van der Waals surface area contributed by atoms with E-state index in [0.29, 0.717) is 6.04 Å². The molecule has 1 unspecified atom stereocenters. The molecule has 0 bridgehead atoms. The molecule has 0 fully saturated rings. The molecule has 108 valence electrons. The van der Waals surface area contributed by atoms with Crippen LogP contribution in [0.15, 0.2) is 48.5 Å². The Balaban J connectivity index is 1.87. The van der Waals surface area contributed by atoms with E-state index in [1.807, 2.05) is 6.07 Å². The highest BCUT2D eigenvalue weighted by molar-refractivity contribution is 14.1. The van der Waals surface area contributed by atoms with E-state index in [4.69, 9.17) is 4.98 Å². The molecule has 3 rings (SSSR count). The molecule has 2 aromatic carbocycles. The Hall–Kier alpha value is -0.980. The smallest absolute Gasteiger partial charge is 0.0957 e. The number of aromatic nitrogens is 1. The van der Waals surface area contributed by atoms with E-state index in [1.165, 1.54) is 18.8 Å². The first-order chi connectivity index (χ1) is 10.3. The fourth-order valence-electron chi connectivity index (χ4n) is 2.46. The number of rotatable bonds is 5. The molecule has 21 heavy (non-hydrogen) atoms. The van der Waals surface area contributed by atoms with Crippen molar-refractivity contribution < 1.29 is 0 Å². The van der Waals surface area contributed by atoms with Gasteiger partial charge in [-0.05, 0) is 59.0 Å². The number of benzene rings is 2. The number of halogens is 1. The molecule has 1 atom stereocenters. The molecule has 0 radical (unpaired) electrons. The Bertz CT molecular complexity index is 705. The maximum absolute atomic E-state index is 4.76. The summed E-state index contributed by atoms with van der Waals surface area (Å²) in [6.45, 7) is 3.11. The third-order valence-corrected chi connectivity index (χ3v) is 5.15. The highest BCUT2D eigenvalue weighted by Crippen LogP contribution is 2.26. The number of fused-ring (bicyclic) bond motifs is 1. The van der Waals surface area contributed by atoms with Crippen LogP contribution in [0.4, 0.5) is 0 Å². The molecule has 0 saturated heterocycles. The van der Waals surface area contributed by atoms with Gasteiger partial charge in [-0.1, -0.05) is 31.2 Å². The lowest BCUT2D eigenvalue weighted by molar-refractivity contribution is 0.549. The molecule has 0 spiro atoms. The molecule has 0 aliphatic heterocycles. The van der Waals surface area contributed by atoms with Crippen LogP contribution < -0.4 is 5.32 Å². The lowest BCUT2D eigenvalue weighted by atomic mass is 10.0. The molecular formula is C17H17IN2S. The van der Waals surface area contributed by atoms with Gasteiger partial charge in [-0.25, -0.2) is 4.98 Å². The Morgan fingerprint density at radius 1 is 1.19 bits per heavy atom. The summed E-state index contributed by atoms with van der Waals surface area (Å²) in [6, 6.07) is 17.4. The van der Waals surface area contributed by atoms with Crippen LogP contribution in [0, 0.1) is 3.57 Å². The standard InChI is InChI=1S/C17H17IN2S/c1-2-19-15(12-6-5-7-13(18)10-12)11-17-20-14-8-3-4-9-16(14)21-17/h3-10,15,19H,2,11H2,1H3. The van der Waals surface area contributed by atoms with Gasteiger partial charge < -0.3 is 5.32 Å². The second kappa shape index (κ2) is 6.85. The van der Waals surface area contributed by atoms with Crippen LogP contribution in [0.2, 0.25) is 0 Å². The fourth-order valence-corrected chi connectivity index (χ4v) is 4.04. The van der Waals surface area contributed by atoms with Crippen molar-refractivity contribution in [3.8, 4) is 0 Å². The minimum absolute atomic E-state index is 0.324. The van der Waals surface area contributed by atoms with E-state index in [-0.39, 0.29) is 0 Å². The summed E-state index contributed by atoms with van der Waals surface area (Å²) in [4.78, 5) is 4.76. The summed E-state index contributed by atoms with van der Waals surface area (Å²) in [5.41, 5.74) is 2.44. The number of likely N-dealkylation sites (N-methyl/N-ethyl adjacent to an activating group) is 1. The Kier molecular flexibility index (Phi) is 4.87. The van der Waals surface area contributed by atoms with Gasteiger partial charge in [0.2, 0.25) is 0 Å². The van der Waals surface area contributed by atoms with Gasteiger partial charge in [0.1, 0.15) is 0 Å². The van der Waals surface area contributed by atoms with E-state index in [2.05, 4.69) is 77.3 Å². The SMILES string of the molecule is CCNC(Cc1nc2ccccc2s1)c1cccc(I)c1. The summed E-state index contributed by atoms with van der Waals surface area (Å²) in [5, 5.41) is 4.78. The van der Waals surface area contributed by atoms with Gasteiger partial charge in [-0.2, -0.15) is 0 Å². The first-order valence-electron chi connectivity index (χ1n) is 7.09. The van der Waals surface area contributed by atoms with Crippen molar-refractivity contribution in [2.24, 2.45) is 0 Å². The van der Waals surface area contributed by atoms with E-state index >= 15 is 0 Å². The van der Waals surface area contributed by atoms with Gasteiger partial charge in [-0.3, -0.25) is 0 Å². The van der Waals surface area contributed by atoms with Crippen molar-refractivity contribution in [2.75, 3.05) is 6.54 Å². The van der Waals surface area contributed by atoms with Gasteiger partial charge in [0, 0.05) is 16.0 Å². The molecular weight excluding hydrogens is 391 g/mol. The van der Waals surface area contributed by atoms with E-state index < -0.39 is 0 Å². The predicted octanol–water partition coefficient (Wildman–Crippen LogP) is 4.79. The molecule has 4 heteroatoms. The molecule has 1 N–H and O–H groups in total. The second-order valence-electron chi connectivity index (χ2n) is 4.94. The summed E-state index contributed by atoms with van der Waals surface area (Å²) < 4.78 is 2.54. The number of hydrogen-bond donors (Lipinski definition) is 1. The number of nitrogens with one attached hydrogen (secondary N) is 1. The Morgan fingerprint density at radius 3 is 2.81 bits per heavy atom. The molecule has 0 aliphatic rings. The average molecular weight is 408 g/mol. The van der Waals surface area contributed by atoms with Gasteiger partial charge >= 0.3 is 0 Å². The first kappa shape index (κ1) is 14.9. The second-order valence-corrected chi connectivity index (χ2v) is 7.31. The number of nitrogens with zero attached hydrogens (tertiary/aromatic N) is 1. The van der Waals surface area contributed by atoms with Crippen LogP contribution in [0.5, 0.6) is 0 Å². The quantitative estimate of drug-likeness (QED) is 0.614. The number of thiazole rings is 1. The van der Waals surface area contributed by atoms with Gasteiger partial charge in [-0.15, -0.1) is 11.3 Å². The molecule has 3 aromatic rings. The average Bonchev–Trinajstić information content (AvgIpc) is 2.89. The lowest BCUT2D eigenvalue weighted by Gasteiger charge is -2.17. The number of hydrogen-bond acceptors (Lipinski definition) is 3. The Morgan fingerprint density at radius 2 is 2.05 bits per heavy atom. The lowest BCUT2D eigenvalue weighted by Crippen LogP contribution is -2.23. The van der Waals surface area contributed by atoms with Crippen LogP contribution >= 0.6 is 33.9 Å². The Labute approximate surface area is 142 Å². The van der Waals surface area contributed by atoms with Crippen LogP contribution in [0.1, 0.15) is 23.5 Å². The van der Waals surface area contributed by atoms with Crippen molar-refractivity contribution in [3.05, 3.63) is 62.7 Å². The van der Waals surface area contributed by atoms with Gasteiger partial charge in [0.05, 0.1) is 15.2 Å².